The van der Waals surface area contributed by atoms with Gasteiger partial charge < -0.3 is 9.84 Å². The second-order valence-electron chi connectivity index (χ2n) is 5.03. The van der Waals surface area contributed by atoms with E-state index in [9.17, 15) is 5.11 Å². The average molecular weight is 220 g/mol. The fourth-order valence-corrected chi connectivity index (χ4v) is 2.42. The molecule has 0 spiro atoms. The maximum atomic E-state index is 9.72. The number of phenols is 1. The highest BCUT2D eigenvalue weighted by Crippen LogP contribution is 2.39. The van der Waals surface area contributed by atoms with E-state index >= 15 is 0 Å². The molecule has 2 rings (SSSR count). The molecular formula is C14H20O2. The van der Waals surface area contributed by atoms with Crippen LogP contribution in [0.4, 0.5) is 0 Å². The van der Waals surface area contributed by atoms with Crippen LogP contribution in [0.5, 0.6) is 11.5 Å². The molecule has 88 valence electrons. The molecule has 0 aliphatic heterocycles. The summed E-state index contributed by atoms with van der Waals surface area (Å²) in [6.45, 7) is 4.39. The van der Waals surface area contributed by atoms with Crippen LogP contribution < -0.4 is 4.74 Å². The first-order valence-corrected chi connectivity index (χ1v) is 6.09. The molecule has 0 amide bonds. The third kappa shape index (κ3) is 2.16. The Balaban J connectivity index is 2.16. The lowest BCUT2D eigenvalue weighted by Gasteiger charge is -2.40. The number of phenolic OH excluding ortho intramolecular Hbond substituents is 1. The number of benzene rings is 1. The lowest BCUT2D eigenvalue weighted by molar-refractivity contribution is -0.00128. The van der Waals surface area contributed by atoms with Gasteiger partial charge in [-0.1, -0.05) is 25.5 Å². The minimum Gasteiger partial charge on any atom is -0.504 e. The molecule has 1 aromatic rings. The number of hydrogen-bond donors (Lipinski definition) is 1. The highest BCUT2D eigenvalue weighted by atomic mass is 16.5. The number of ether oxygens (including phenoxy) is 1. The van der Waals surface area contributed by atoms with Crippen LogP contribution in [0.1, 0.15) is 39.5 Å². The van der Waals surface area contributed by atoms with Gasteiger partial charge in [-0.05, 0) is 44.2 Å². The van der Waals surface area contributed by atoms with Crippen LogP contribution in [0, 0.1) is 5.92 Å². The van der Waals surface area contributed by atoms with Gasteiger partial charge in [0.2, 0.25) is 0 Å². The van der Waals surface area contributed by atoms with Gasteiger partial charge in [-0.2, -0.15) is 0 Å². The van der Waals surface area contributed by atoms with Crippen molar-refractivity contribution in [1.82, 2.24) is 0 Å². The zero-order valence-corrected chi connectivity index (χ0v) is 10.1. The zero-order valence-electron chi connectivity index (χ0n) is 10.1. The Bertz CT molecular complexity index is 362. The first kappa shape index (κ1) is 11.3. The minimum absolute atomic E-state index is 0.128. The van der Waals surface area contributed by atoms with E-state index in [4.69, 9.17) is 4.74 Å². The second-order valence-corrected chi connectivity index (χ2v) is 5.03. The normalized spacial score (nSPS) is 30.0. The quantitative estimate of drug-likeness (QED) is 0.822. The van der Waals surface area contributed by atoms with Gasteiger partial charge >= 0.3 is 0 Å². The Kier molecular flexibility index (Phi) is 3.08. The molecule has 0 radical (unpaired) electrons. The van der Waals surface area contributed by atoms with Gasteiger partial charge in [-0.3, -0.25) is 0 Å². The van der Waals surface area contributed by atoms with E-state index in [2.05, 4.69) is 13.8 Å². The molecule has 16 heavy (non-hydrogen) atoms. The van der Waals surface area contributed by atoms with Crippen molar-refractivity contribution in [3.63, 3.8) is 0 Å². The van der Waals surface area contributed by atoms with E-state index in [0.29, 0.717) is 11.7 Å². The van der Waals surface area contributed by atoms with Crippen molar-refractivity contribution in [1.29, 1.82) is 0 Å². The molecule has 0 bridgehead atoms. The summed E-state index contributed by atoms with van der Waals surface area (Å²) in [6.07, 6.45) is 4.79. The number of hydrogen-bond acceptors (Lipinski definition) is 2. The third-order valence-corrected chi connectivity index (χ3v) is 3.81. The fourth-order valence-electron chi connectivity index (χ4n) is 2.42. The maximum Gasteiger partial charge on any atom is 0.161 e. The van der Waals surface area contributed by atoms with Gasteiger partial charge in [0.1, 0.15) is 5.60 Å². The Morgan fingerprint density at radius 2 is 2.06 bits per heavy atom. The maximum absolute atomic E-state index is 9.72. The van der Waals surface area contributed by atoms with Crippen molar-refractivity contribution in [3.8, 4) is 11.5 Å². The molecule has 2 unspecified atom stereocenters. The molecule has 2 heteroatoms. The molecule has 0 heterocycles. The SMILES string of the molecule is CC1CCCCC1(C)Oc1ccccc1O. The average Bonchev–Trinajstić information content (AvgIpc) is 2.26. The highest BCUT2D eigenvalue weighted by Gasteiger charge is 2.36. The van der Waals surface area contributed by atoms with Crippen molar-refractivity contribution in [2.75, 3.05) is 0 Å². The van der Waals surface area contributed by atoms with Crippen LogP contribution in [0.2, 0.25) is 0 Å². The summed E-state index contributed by atoms with van der Waals surface area (Å²) in [5.41, 5.74) is -0.128. The summed E-state index contributed by atoms with van der Waals surface area (Å²) >= 11 is 0. The van der Waals surface area contributed by atoms with Crippen LogP contribution in [-0.4, -0.2) is 10.7 Å². The number of para-hydroxylation sites is 2. The summed E-state index contributed by atoms with van der Waals surface area (Å²) in [7, 11) is 0. The summed E-state index contributed by atoms with van der Waals surface area (Å²) in [5.74, 6) is 1.39. The van der Waals surface area contributed by atoms with E-state index in [1.54, 1.807) is 6.07 Å². The second kappa shape index (κ2) is 4.36. The molecule has 1 aromatic carbocycles. The lowest BCUT2D eigenvalue weighted by atomic mass is 9.77. The molecule has 2 nitrogen and oxygen atoms in total. The van der Waals surface area contributed by atoms with Crippen molar-refractivity contribution in [2.45, 2.75) is 45.1 Å². The Morgan fingerprint density at radius 1 is 1.31 bits per heavy atom. The fraction of sp³-hybridized carbons (Fsp3) is 0.571. The highest BCUT2D eigenvalue weighted by molar-refractivity contribution is 5.38. The minimum atomic E-state index is -0.128. The van der Waals surface area contributed by atoms with Crippen LogP contribution in [0.15, 0.2) is 24.3 Å². The molecule has 1 aliphatic carbocycles. The predicted octanol–water partition coefficient (Wildman–Crippen LogP) is 3.74. The molecule has 1 fully saturated rings. The van der Waals surface area contributed by atoms with E-state index in [0.717, 1.165) is 6.42 Å². The van der Waals surface area contributed by atoms with Gasteiger partial charge in [-0.15, -0.1) is 0 Å². The monoisotopic (exact) mass is 220 g/mol. The summed E-state index contributed by atoms with van der Waals surface area (Å²) < 4.78 is 6.04. The largest absolute Gasteiger partial charge is 0.504 e. The Morgan fingerprint density at radius 3 is 2.75 bits per heavy atom. The van der Waals surface area contributed by atoms with Gasteiger partial charge in [-0.25, -0.2) is 0 Å². The van der Waals surface area contributed by atoms with Crippen molar-refractivity contribution >= 4 is 0 Å². The van der Waals surface area contributed by atoms with Crippen LogP contribution in [-0.2, 0) is 0 Å². The van der Waals surface area contributed by atoms with Crippen molar-refractivity contribution in [2.24, 2.45) is 5.92 Å². The van der Waals surface area contributed by atoms with Gasteiger partial charge in [0, 0.05) is 0 Å². The first-order valence-electron chi connectivity index (χ1n) is 6.09. The summed E-state index contributed by atoms with van der Waals surface area (Å²) in [4.78, 5) is 0. The van der Waals surface area contributed by atoms with Crippen LogP contribution in [0.25, 0.3) is 0 Å². The number of rotatable bonds is 2. The Hall–Kier alpha value is -1.18. The molecular weight excluding hydrogens is 200 g/mol. The zero-order chi connectivity index (χ0) is 11.6. The Labute approximate surface area is 97.3 Å². The summed E-state index contributed by atoms with van der Waals surface area (Å²) in [6, 6.07) is 7.22. The topological polar surface area (TPSA) is 29.5 Å². The standard InChI is InChI=1S/C14H20O2/c1-11-7-5-6-10-14(11,2)16-13-9-4-3-8-12(13)15/h3-4,8-9,11,15H,5-7,10H2,1-2H3. The smallest absolute Gasteiger partial charge is 0.161 e. The molecule has 2 atom stereocenters. The van der Waals surface area contributed by atoms with Crippen molar-refractivity contribution < 1.29 is 9.84 Å². The van der Waals surface area contributed by atoms with E-state index < -0.39 is 0 Å². The molecule has 0 aromatic heterocycles. The molecule has 0 saturated heterocycles. The lowest BCUT2D eigenvalue weighted by Crippen LogP contribution is -2.41. The van der Waals surface area contributed by atoms with Gasteiger partial charge in [0.15, 0.2) is 11.5 Å². The molecule has 1 saturated carbocycles. The predicted molar refractivity (Wildman–Crippen MR) is 64.8 cm³/mol. The van der Waals surface area contributed by atoms with Crippen LogP contribution >= 0.6 is 0 Å². The van der Waals surface area contributed by atoms with E-state index in [1.165, 1.54) is 19.3 Å². The third-order valence-electron chi connectivity index (χ3n) is 3.81. The van der Waals surface area contributed by atoms with Crippen molar-refractivity contribution in [3.05, 3.63) is 24.3 Å². The molecule has 1 N–H and O–H groups in total. The summed E-state index contributed by atoms with van der Waals surface area (Å²) in [5, 5.41) is 9.72. The molecule has 1 aliphatic rings. The first-order chi connectivity index (χ1) is 7.62. The van der Waals surface area contributed by atoms with Gasteiger partial charge in [0.05, 0.1) is 0 Å². The van der Waals surface area contributed by atoms with E-state index in [1.807, 2.05) is 18.2 Å². The van der Waals surface area contributed by atoms with Gasteiger partial charge in [0.25, 0.3) is 0 Å². The van der Waals surface area contributed by atoms with Crippen LogP contribution in [0.3, 0.4) is 0 Å². The van der Waals surface area contributed by atoms with E-state index in [-0.39, 0.29) is 11.4 Å². The number of aromatic hydroxyl groups is 1.